The fourth-order valence-electron chi connectivity index (χ4n) is 2.42. The largest absolute Gasteiger partial charge is 0.490 e. The lowest BCUT2D eigenvalue weighted by molar-refractivity contribution is 0.0271. The molecule has 2 aromatic rings. The third kappa shape index (κ3) is 4.96. The highest BCUT2D eigenvalue weighted by molar-refractivity contribution is 14.1. The van der Waals surface area contributed by atoms with Gasteiger partial charge in [-0.2, -0.15) is 0 Å². The van der Waals surface area contributed by atoms with Gasteiger partial charge in [-0.05, 0) is 81.6 Å². The van der Waals surface area contributed by atoms with Gasteiger partial charge in [-0.3, -0.25) is 0 Å². The molecule has 0 N–H and O–H groups in total. The Morgan fingerprint density at radius 3 is 1.46 bits per heavy atom. The second-order valence-electron chi connectivity index (χ2n) is 5.20. The third-order valence-electron chi connectivity index (χ3n) is 3.52. The van der Waals surface area contributed by atoms with Crippen molar-refractivity contribution in [1.29, 1.82) is 0 Å². The van der Waals surface area contributed by atoms with Crippen LogP contribution in [0.25, 0.3) is 11.1 Å². The van der Waals surface area contributed by atoms with Crippen LogP contribution in [-0.4, -0.2) is 39.6 Å². The molecule has 0 aliphatic carbocycles. The molecule has 2 aromatic carbocycles. The molecule has 0 atom stereocenters. The summed E-state index contributed by atoms with van der Waals surface area (Å²) in [5.41, 5.74) is 2.06. The van der Waals surface area contributed by atoms with Gasteiger partial charge in [-0.1, -0.05) is 0 Å². The van der Waals surface area contributed by atoms with E-state index in [1.54, 1.807) is 0 Å². The minimum absolute atomic E-state index is 0.508. The lowest BCUT2D eigenvalue weighted by Gasteiger charge is -2.17. The van der Waals surface area contributed by atoms with E-state index in [0.717, 1.165) is 29.8 Å². The first kappa shape index (κ1) is 18.2. The molecule has 128 valence electrons. The predicted molar refractivity (Wildman–Crippen MR) is 110 cm³/mol. The standard InChI is InChI=1S/C18H18I2O4/c19-13-1-3-15-16-4-2-14(20)12-18(16)24-10-8-22-6-5-21-7-9-23-17(15)11-13/h1-4,11-12H,5-10H2. The average Bonchev–Trinajstić information content (AvgIpc) is 2.57. The lowest BCUT2D eigenvalue weighted by atomic mass is 10.0. The second kappa shape index (κ2) is 9.21. The van der Waals surface area contributed by atoms with Crippen molar-refractivity contribution in [3.63, 3.8) is 0 Å². The number of rotatable bonds is 0. The van der Waals surface area contributed by atoms with Crippen molar-refractivity contribution >= 4 is 45.2 Å². The number of fused-ring (bicyclic) bond motifs is 3. The second-order valence-corrected chi connectivity index (χ2v) is 7.69. The Balaban J connectivity index is 1.98. The van der Waals surface area contributed by atoms with Gasteiger partial charge >= 0.3 is 0 Å². The maximum Gasteiger partial charge on any atom is 0.128 e. The molecule has 1 heterocycles. The Hall–Kier alpha value is -0.580. The summed E-state index contributed by atoms with van der Waals surface area (Å²) in [6, 6.07) is 12.4. The SMILES string of the molecule is Ic1ccc2c(c1)OCCOCCOCCOc1cc(I)ccc1-2. The number of benzene rings is 2. The molecule has 0 spiro atoms. The first-order chi connectivity index (χ1) is 11.7. The van der Waals surface area contributed by atoms with Crippen LogP contribution >= 0.6 is 45.2 Å². The minimum atomic E-state index is 0.508. The van der Waals surface area contributed by atoms with Gasteiger partial charge in [-0.15, -0.1) is 0 Å². The Morgan fingerprint density at radius 2 is 1.00 bits per heavy atom. The molecule has 0 saturated heterocycles. The van der Waals surface area contributed by atoms with E-state index in [9.17, 15) is 0 Å². The maximum atomic E-state index is 5.97. The molecule has 0 saturated carbocycles. The van der Waals surface area contributed by atoms with Gasteiger partial charge in [0.1, 0.15) is 24.7 Å². The smallest absolute Gasteiger partial charge is 0.128 e. The Labute approximate surface area is 169 Å². The minimum Gasteiger partial charge on any atom is -0.490 e. The van der Waals surface area contributed by atoms with Crippen molar-refractivity contribution in [2.24, 2.45) is 0 Å². The maximum absolute atomic E-state index is 5.97. The van der Waals surface area contributed by atoms with Gasteiger partial charge in [0.2, 0.25) is 0 Å². The van der Waals surface area contributed by atoms with Gasteiger partial charge in [-0.25, -0.2) is 0 Å². The molecule has 1 aliphatic rings. The van der Waals surface area contributed by atoms with Crippen LogP contribution in [0.5, 0.6) is 11.5 Å². The summed E-state index contributed by atoms with van der Waals surface area (Å²) in [6.07, 6.45) is 0. The van der Waals surface area contributed by atoms with Crippen molar-refractivity contribution < 1.29 is 18.9 Å². The molecule has 0 fully saturated rings. The molecule has 1 aliphatic heterocycles. The molecule has 6 heteroatoms. The average molecular weight is 552 g/mol. The Morgan fingerprint density at radius 1 is 0.583 bits per heavy atom. The van der Waals surface area contributed by atoms with E-state index in [-0.39, 0.29) is 0 Å². The van der Waals surface area contributed by atoms with Crippen LogP contribution in [0.15, 0.2) is 36.4 Å². The monoisotopic (exact) mass is 552 g/mol. The van der Waals surface area contributed by atoms with Crippen molar-refractivity contribution in [3.8, 4) is 22.6 Å². The summed E-state index contributed by atoms with van der Waals surface area (Å²) >= 11 is 4.59. The summed E-state index contributed by atoms with van der Waals surface area (Å²) in [5, 5.41) is 0. The zero-order valence-electron chi connectivity index (χ0n) is 13.1. The normalized spacial score (nSPS) is 16.1. The Kier molecular flexibility index (Phi) is 6.99. The van der Waals surface area contributed by atoms with Crippen LogP contribution in [0.2, 0.25) is 0 Å². The predicted octanol–water partition coefficient (Wildman–Crippen LogP) is 4.37. The van der Waals surface area contributed by atoms with Gasteiger partial charge in [0, 0.05) is 18.3 Å². The summed E-state index contributed by atoms with van der Waals surface area (Å²) in [4.78, 5) is 0. The molecular formula is C18H18I2O4. The fourth-order valence-corrected chi connectivity index (χ4v) is 3.34. The molecule has 0 aromatic heterocycles. The molecular weight excluding hydrogens is 534 g/mol. The van der Waals surface area contributed by atoms with E-state index in [0.29, 0.717) is 39.6 Å². The molecule has 0 amide bonds. The van der Waals surface area contributed by atoms with E-state index >= 15 is 0 Å². The first-order valence-electron chi connectivity index (χ1n) is 7.74. The lowest BCUT2D eigenvalue weighted by Crippen LogP contribution is -2.14. The van der Waals surface area contributed by atoms with Crippen LogP contribution in [0.3, 0.4) is 0 Å². The molecule has 24 heavy (non-hydrogen) atoms. The fraction of sp³-hybridized carbons (Fsp3) is 0.333. The highest BCUT2D eigenvalue weighted by Crippen LogP contribution is 2.38. The van der Waals surface area contributed by atoms with Crippen LogP contribution in [0, 0.1) is 7.14 Å². The number of hydrogen-bond acceptors (Lipinski definition) is 4. The van der Waals surface area contributed by atoms with E-state index in [4.69, 9.17) is 18.9 Å². The van der Waals surface area contributed by atoms with E-state index in [1.165, 1.54) is 0 Å². The van der Waals surface area contributed by atoms with E-state index < -0.39 is 0 Å². The zero-order chi connectivity index (χ0) is 16.8. The summed E-state index contributed by atoms with van der Waals surface area (Å²) in [7, 11) is 0. The highest BCUT2D eigenvalue weighted by Gasteiger charge is 2.14. The van der Waals surface area contributed by atoms with Crippen LogP contribution in [-0.2, 0) is 9.47 Å². The molecule has 3 rings (SSSR count). The van der Waals surface area contributed by atoms with Crippen LogP contribution < -0.4 is 9.47 Å². The van der Waals surface area contributed by atoms with Gasteiger partial charge in [0.25, 0.3) is 0 Å². The van der Waals surface area contributed by atoms with Gasteiger partial charge < -0.3 is 18.9 Å². The summed E-state index contributed by atoms with van der Waals surface area (Å²) < 4.78 is 25.2. The molecule has 4 nitrogen and oxygen atoms in total. The topological polar surface area (TPSA) is 36.9 Å². The van der Waals surface area contributed by atoms with Gasteiger partial charge in [0.15, 0.2) is 0 Å². The molecule has 0 unspecified atom stereocenters. The number of halogens is 2. The van der Waals surface area contributed by atoms with Crippen LogP contribution in [0.1, 0.15) is 0 Å². The molecule has 0 radical (unpaired) electrons. The van der Waals surface area contributed by atoms with E-state index in [1.807, 2.05) is 12.1 Å². The zero-order valence-corrected chi connectivity index (χ0v) is 17.4. The van der Waals surface area contributed by atoms with Crippen molar-refractivity contribution in [2.45, 2.75) is 0 Å². The van der Waals surface area contributed by atoms with Gasteiger partial charge in [0.05, 0.1) is 26.4 Å². The van der Waals surface area contributed by atoms with Crippen molar-refractivity contribution in [3.05, 3.63) is 43.5 Å². The third-order valence-corrected chi connectivity index (χ3v) is 4.86. The van der Waals surface area contributed by atoms with E-state index in [2.05, 4.69) is 69.4 Å². The first-order valence-corrected chi connectivity index (χ1v) is 9.90. The summed E-state index contributed by atoms with van der Waals surface area (Å²) in [6.45, 7) is 3.24. The number of hydrogen-bond donors (Lipinski definition) is 0. The summed E-state index contributed by atoms with van der Waals surface area (Å²) in [5.74, 6) is 1.70. The Bertz CT molecular complexity index is 631. The van der Waals surface area contributed by atoms with Crippen molar-refractivity contribution in [1.82, 2.24) is 0 Å². The number of ether oxygens (including phenoxy) is 4. The molecule has 0 bridgehead atoms. The van der Waals surface area contributed by atoms with Crippen molar-refractivity contribution in [2.75, 3.05) is 39.6 Å². The highest BCUT2D eigenvalue weighted by atomic mass is 127. The van der Waals surface area contributed by atoms with Crippen LogP contribution in [0.4, 0.5) is 0 Å². The quantitative estimate of drug-likeness (QED) is 0.456.